The lowest BCUT2D eigenvalue weighted by molar-refractivity contribution is -0.228. The summed E-state index contributed by atoms with van der Waals surface area (Å²) >= 11 is 0. The Balaban J connectivity index is 1.85. The van der Waals surface area contributed by atoms with Gasteiger partial charge in [0, 0.05) is 18.1 Å². The Morgan fingerprint density at radius 2 is 2.24 bits per heavy atom. The van der Waals surface area contributed by atoms with Crippen LogP contribution in [-0.4, -0.2) is 41.8 Å². The molecule has 2 aliphatic carbocycles. The van der Waals surface area contributed by atoms with Crippen molar-refractivity contribution in [3.63, 3.8) is 0 Å². The number of carboxylic acids is 1. The first-order chi connectivity index (χ1) is 9.90. The molecule has 3 fully saturated rings. The summed E-state index contributed by atoms with van der Waals surface area (Å²) in [7, 11) is 1.62. The molecule has 0 aromatic rings. The van der Waals surface area contributed by atoms with Gasteiger partial charge in [0.25, 0.3) is 0 Å². The molecule has 0 aromatic carbocycles. The molecule has 0 radical (unpaired) electrons. The van der Waals surface area contributed by atoms with E-state index in [1.54, 1.807) is 20.1 Å². The molecule has 3 aliphatic rings. The van der Waals surface area contributed by atoms with Crippen molar-refractivity contribution in [1.29, 1.82) is 0 Å². The molecule has 3 unspecified atom stereocenters. The minimum Gasteiger partial charge on any atom is -0.478 e. The van der Waals surface area contributed by atoms with Crippen LogP contribution in [0.3, 0.4) is 0 Å². The van der Waals surface area contributed by atoms with E-state index >= 15 is 0 Å². The Morgan fingerprint density at radius 1 is 1.52 bits per heavy atom. The van der Waals surface area contributed by atoms with E-state index in [0.29, 0.717) is 12.3 Å². The maximum absolute atomic E-state index is 11.0. The molecule has 5 heteroatoms. The SMILES string of the molecule is C=C1C2CC(C[C@@H]1O)C21C[C@@H](C=C(C)C(=O)O)O[C@@H]1OC. The molecule has 0 amide bonds. The average Bonchev–Trinajstić information content (AvgIpc) is 2.81. The van der Waals surface area contributed by atoms with Crippen LogP contribution in [0.2, 0.25) is 0 Å². The maximum Gasteiger partial charge on any atom is 0.331 e. The van der Waals surface area contributed by atoms with Crippen LogP contribution in [0.15, 0.2) is 23.8 Å². The molecule has 6 atom stereocenters. The molecule has 21 heavy (non-hydrogen) atoms. The number of hydrogen-bond donors (Lipinski definition) is 2. The summed E-state index contributed by atoms with van der Waals surface area (Å²) in [5.41, 5.74) is 1.02. The predicted molar refractivity (Wildman–Crippen MR) is 75.5 cm³/mol. The third kappa shape index (κ3) is 1.99. The first-order valence-corrected chi connectivity index (χ1v) is 7.37. The summed E-state index contributed by atoms with van der Waals surface area (Å²) < 4.78 is 11.5. The van der Waals surface area contributed by atoms with Crippen molar-refractivity contribution < 1.29 is 24.5 Å². The van der Waals surface area contributed by atoms with Crippen molar-refractivity contribution >= 4 is 5.97 Å². The second kappa shape index (κ2) is 4.93. The van der Waals surface area contributed by atoms with Gasteiger partial charge in [0.05, 0.1) is 12.2 Å². The number of aliphatic hydroxyl groups is 1. The first-order valence-electron chi connectivity index (χ1n) is 7.37. The number of rotatable bonds is 3. The summed E-state index contributed by atoms with van der Waals surface area (Å²) in [4.78, 5) is 11.0. The van der Waals surface area contributed by atoms with Crippen LogP contribution < -0.4 is 0 Å². The Bertz CT molecular complexity index is 511. The van der Waals surface area contributed by atoms with Crippen molar-refractivity contribution in [3.8, 4) is 0 Å². The summed E-state index contributed by atoms with van der Waals surface area (Å²) in [6, 6.07) is 0. The Kier molecular flexibility index (Phi) is 3.47. The highest BCUT2D eigenvalue weighted by Crippen LogP contribution is 2.68. The number of aliphatic carboxylic acids is 1. The number of ether oxygens (including phenoxy) is 2. The van der Waals surface area contributed by atoms with Crippen molar-refractivity contribution in [1.82, 2.24) is 0 Å². The van der Waals surface area contributed by atoms with E-state index in [0.717, 1.165) is 18.4 Å². The van der Waals surface area contributed by atoms with E-state index in [-0.39, 0.29) is 29.3 Å². The van der Waals surface area contributed by atoms with Gasteiger partial charge in [0.1, 0.15) is 0 Å². The normalized spacial score (nSPS) is 45.8. The fourth-order valence-corrected chi connectivity index (χ4v) is 4.48. The third-order valence-electron chi connectivity index (χ3n) is 5.59. The van der Waals surface area contributed by atoms with Crippen LogP contribution in [0, 0.1) is 17.3 Å². The van der Waals surface area contributed by atoms with Gasteiger partial charge < -0.3 is 19.7 Å². The predicted octanol–water partition coefficient (Wildman–Crippen LogP) is 1.72. The molecule has 1 heterocycles. The highest BCUT2D eigenvalue weighted by molar-refractivity contribution is 5.85. The molecular formula is C16H22O5. The van der Waals surface area contributed by atoms with E-state index in [1.807, 2.05) is 0 Å². The lowest BCUT2D eigenvalue weighted by Gasteiger charge is -2.61. The van der Waals surface area contributed by atoms with Gasteiger partial charge in [-0.1, -0.05) is 6.58 Å². The van der Waals surface area contributed by atoms with Gasteiger partial charge >= 0.3 is 5.97 Å². The van der Waals surface area contributed by atoms with E-state index < -0.39 is 12.1 Å². The van der Waals surface area contributed by atoms with Crippen LogP contribution in [0.1, 0.15) is 26.2 Å². The molecule has 2 bridgehead atoms. The molecule has 0 aromatic heterocycles. The van der Waals surface area contributed by atoms with Crippen LogP contribution in [0.4, 0.5) is 0 Å². The minimum absolute atomic E-state index is 0.148. The van der Waals surface area contributed by atoms with Crippen LogP contribution in [0.25, 0.3) is 0 Å². The molecule has 1 saturated heterocycles. The fourth-order valence-electron chi connectivity index (χ4n) is 4.48. The van der Waals surface area contributed by atoms with Crippen LogP contribution in [0.5, 0.6) is 0 Å². The topological polar surface area (TPSA) is 76.0 Å². The van der Waals surface area contributed by atoms with Crippen molar-refractivity contribution in [3.05, 3.63) is 23.8 Å². The van der Waals surface area contributed by atoms with E-state index in [2.05, 4.69) is 6.58 Å². The van der Waals surface area contributed by atoms with Crippen molar-refractivity contribution in [2.24, 2.45) is 17.3 Å². The number of carbonyl (C=O) groups is 1. The summed E-state index contributed by atoms with van der Waals surface area (Å²) in [6.07, 6.45) is 3.09. The zero-order valence-electron chi connectivity index (χ0n) is 12.4. The monoisotopic (exact) mass is 294 g/mol. The highest BCUT2D eigenvalue weighted by atomic mass is 16.7. The van der Waals surface area contributed by atoms with Gasteiger partial charge in [-0.05, 0) is 49.7 Å². The van der Waals surface area contributed by atoms with E-state index in [1.165, 1.54) is 0 Å². The number of aliphatic hydroxyl groups excluding tert-OH is 1. The number of hydrogen-bond acceptors (Lipinski definition) is 4. The van der Waals surface area contributed by atoms with Gasteiger partial charge in [-0.15, -0.1) is 0 Å². The Hall–Kier alpha value is -1.17. The minimum atomic E-state index is -0.929. The van der Waals surface area contributed by atoms with Gasteiger partial charge in [0.15, 0.2) is 6.29 Å². The number of carboxylic acid groups (broad SMARTS) is 1. The Labute approximate surface area is 124 Å². The maximum atomic E-state index is 11.0. The summed E-state index contributed by atoms with van der Waals surface area (Å²) in [5, 5.41) is 19.0. The molecule has 3 rings (SSSR count). The van der Waals surface area contributed by atoms with Gasteiger partial charge in [-0.25, -0.2) is 4.79 Å². The first kappa shape index (κ1) is 14.8. The third-order valence-corrected chi connectivity index (χ3v) is 5.59. The van der Waals surface area contributed by atoms with Crippen LogP contribution >= 0.6 is 0 Å². The number of fused-ring (bicyclic) bond motifs is 4. The van der Waals surface area contributed by atoms with E-state index in [9.17, 15) is 9.90 Å². The zero-order valence-corrected chi connectivity index (χ0v) is 12.4. The summed E-state index contributed by atoms with van der Waals surface area (Å²) in [6.45, 7) is 5.62. The summed E-state index contributed by atoms with van der Waals surface area (Å²) in [5.74, 6) is -0.363. The lowest BCUT2D eigenvalue weighted by atomic mass is 9.44. The second-order valence-electron chi connectivity index (χ2n) is 6.53. The van der Waals surface area contributed by atoms with E-state index in [4.69, 9.17) is 14.6 Å². The van der Waals surface area contributed by atoms with Gasteiger partial charge in [-0.3, -0.25) is 0 Å². The van der Waals surface area contributed by atoms with Crippen molar-refractivity contribution in [2.45, 2.75) is 44.7 Å². The standard InChI is InChI=1S/C16H22O5/c1-8(14(18)19)4-11-7-16(15(20-3)21-11)10-5-12(16)9(2)13(17)6-10/h4,10-13,15,17H,2,5-7H2,1,3H3,(H,18,19)/t10?,11-,12?,13+,15+,16?/m1/s1. The number of methoxy groups -OCH3 is 1. The quantitative estimate of drug-likeness (QED) is 0.612. The smallest absolute Gasteiger partial charge is 0.331 e. The van der Waals surface area contributed by atoms with Gasteiger partial charge in [0.2, 0.25) is 0 Å². The van der Waals surface area contributed by atoms with Crippen LogP contribution in [-0.2, 0) is 14.3 Å². The fraction of sp³-hybridized carbons (Fsp3) is 0.688. The molecule has 5 nitrogen and oxygen atoms in total. The molecule has 2 saturated carbocycles. The lowest BCUT2D eigenvalue weighted by Crippen LogP contribution is -2.60. The molecule has 1 aliphatic heterocycles. The molecule has 116 valence electrons. The Morgan fingerprint density at radius 3 is 2.81 bits per heavy atom. The van der Waals surface area contributed by atoms with Gasteiger partial charge in [-0.2, -0.15) is 0 Å². The zero-order chi connectivity index (χ0) is 15.4. The highest BCUT2D eigenvalue weighted by Gasteiger charge is 2.67. The van der Waals surface area contributed by atoms with Crippen molar-refractivity contribution in [2.75, 3.05) is 7.11 Å². The largest absolute Gasteiger partial charge is 0.478 e. The second-order valence-corrected chi connectivity index (χ2v) is 6.53. The molecular weight excluding hydrogens is 272 g/mol. The molecule has 2 N–H and O–H groups in total. The average molecular weight is 294 g/mol. The molecule has 1 spiro atoms.